The number of halogens is 1. The van der Waals surface area contributed by atoms with Crippen molar-refractivity contribution in [3.05, 3.63) is 81.4 Å². The second kappa shape index (κ2) is 21.0. The summed E-state index contributed by atoms with van der Waals surface area (Å²) in [6.45, 7) is 8.47. The fraction of sp³-hybridized carbons (Fsp3) is 0.511. The zero-order chi connectivity index (χ0) is 42.6. The Morgan fingerprint density at radius 3 is 2.05 bits per heavy atom. The first-order valence-corrected chi connectivity index (χ1v) is 20.4. The average Bonchev–Trinajstić information content (AvgIpc) is 3.24. The van der Waals surface area contributed by atoms with Gasteiger partial charge in [0.05, 0.1) is 95.8 Å². The van der Waals surface area contributed by atoms with Crippen LogP contribution in [0.25, 0.3) is 0 Å². The summed E-state index contributed by atoms with van der Waals surface area (Å²) in [6, 6.07) is 14.4. The van der Waals surface area contributed by atoms with E-state index in [1.54, 1.807) is 42.7 Å². The van der Waals surface area contributed by atoms with E-state index in [4.69, 9.17) is 54.2 Å². The molecule has 0 amide bonds. The fourth-order valence-electron chi connectivity index (χ4n) is 8.49. The molecule has 2 aliphatic heterocycles. The van der Waals surface area contributed by atoms with Crippen molar-refractivity contribution in [1.29, 1.82) is 0 Å². The summed E-state index contributed by atoms with van der Waals surface area (Å²) in [6.07, 6.45) is 3.77. The average molecular weight is 841 g/mol. The zero-order valence-corrected chi connectivity index (χ0v) is 36.6. The van der Waals surface area contributed by atoms with Gasteiger partial charge >= 0.3 is 11.9 Å². The summed E-state index contributed by atoms with van der Waals surface area (Å²) >= 11 is 6.26. The number of benzene rings is 3. The third-order valence-corrected chi connectivity index (χ3v) is 12.0. The number of likely N-dealkylation sites (N-methyl/N-ethyl adjacent to an activating group) is 1. The lowest BCUT2D eigenvalue weighted by Crippen LogP contribution is -2.55. The van der Waals surface area contributed by atoms with Crippen LogP contribution in [-0.2, 0) is 43.2 Å². The van der Waals surface area contributed by atoms with Gasteiger partial charge in [0.1, 0.15) is 30.7 Å². The molecule has 2 atom stereocenters. The van der Waals surface area contributed by atoms with Crippen LogP contribution in [-0.4, -0.2) is 130 Å². The molecule has 0 spiro atoms. The summed E-state index contributed by atoms with van der Waals surface area (Å²) in [4.78, 5) is 25.6. The first kappa shape index (κ1) is 45.4. The van der Waals surface area contributed by atoms with Crippen molar-refractivity contribution in [2.24, 2.45) is 0 Å². The smallest absolute Gasteiger partial charge is 0.350 e. The van der Waals surface area contributed by atoms with Crippen molar-refractivity contribution in [2.75, 3.05) is 109 Å². The van der Waals surface area contributed by atoms with Crippen LogP contribution in [0.4, 0.5) is 0 Å². The Balaban J connectivity index is 1.15. The second-order valence-corrected chi connectivity index (χ2v) is 15.8. The molecule has 2 aliphatic rings. The molecule has 14 heteroatoms. The van der Waals surface area contributed by atoms with Crippen molar-refractivity contribution >= 4 is 23.5 Å². The molecule has 2 heterocycles. The summed E-state index contributed by atoms with van der Waals surface area (Å²) in [5.41, 5.74) is 5.64. The number of carbonyl (C=O) groups is 2. The number of carbonyl (C=O) groups excluding carboxylic acids is 2. The molecule has 3 aromatic carbocycles. The van der Waals surface area contributed by atoms with Gasteiger partial charge < -0.3 is 51.6 Å². The quantitative estimate of drug-likeness (QED) is 0.0547. The number of esters is 2. The molecular weight excluding hydrogens is 780 g/mol. The molecule has 0 radical (unpaired) electrons. The Labute approximate surface area is 353 Å². The van der Waals surface area contributed by atoms with Crippen LogP contribution in [0, 0.1) is 6.92 Å². The van der Waals surface area contributed by atoms with Crippen LogP contribution in [0.15, 0.2) is 53.6 Å². The molecule has 0 bridgehead atoms. The van der Waals surface area contributed by atoms with Gasteiger partial charge in [0.2, 0.25) is 0 Å². The number of quaternary nitrogens is 2. The lowest BCUT2D eigenvalue weighted by molar-refractivity contribution is -0.947. The number of methoxy groups -OCH3 is 6. The van der Waals surface area contributed by atoms with Crippen molar-refractivity contribution in [3.63, 3.8) is 0 Å². The van der Waals surface area contributed by atoms with Crippen LogP contribution in [0.1, 0.15) is 46.7 Å². The zero-order valence-electron chi connectivity index (χ0n) is 35.9. The normalized spacial score (nSPS) is 18.6. The maximum absolute atomic E-state index is 12.9. The molecule has 0 saturated carbocycles. The summed E-state index contributed by atoms with van der Waals surface area (Å²) in [5.74, 6) is 2.69. The van der Waals surface area contributed by atoms with Crippen LogP contribution >= 0.6 is 11.6 Å². The van der Waals surface area contributed by atoms with E-state index in [9.17, 15) is 9.59 Å². The van der Waals surface area contributed by atoms with E-state index >= 15 is 0 Å². The molecule has 0 aliphatic carbocycles. The number of morpholine rings is 1. The number of ether oxygens (including phenoxy) is 9. The predicted molar refractivity (Wildman–Crippen MR) is 224 cm³/mol. The molecule has 1 saturated heterocycles. The van der Waals surface area contributed by atoms with Crippen molar-refractivity contribution in [3.8, 4) is 34.5 Å². The highest BCUT2D eigenvalue weighted by molar-refractivity contribution is 6.42. The first-order chi connectivity index (χ1) is 28.4. The van der Waals surface area contributed by atoms with Gasteiger partial charge in [-0.3, -0.25) is 0 Å². The Morgan fingerprint density at radius 1 is 0.746 bits per heavy atom. The molecule has 0 N–H and O–H groups in total. The Morgan fingerprint density at radius 2 is 1.37 bits per heavy atom. The number of nitrogens with zero attached hydrogens (tertiary/aromatic N) is 2. The van der Waals surface area contributed by atoms with Gasteiger partial charge in [0, 0.05) is 42.9 Å². The SMILES string of the molecule is COc1ccc(CC2c3cc(OC)c(OC)cc3CC[N+]2(C)CCCOC(=O)C(Cl)=CC(=O)OCCC[N+]2(Cc3cc(C)c(OC)c(OC)c3)CCOCC2)cc1OC. The predicted octanol–water partition coefficient (Wildman–Crippen LogP) is 6.37. The lowest BCUT2D eigenvalue weighted by atomic mass is 9.86. The highest BCUT2D eigenvalue weighted by Crippen LogP contribution is 2.43. The highest BCUT2D eigenvalue weighted by atomic mass is 35.5. The summed E-state index contributed by atoms with van der Waals surface area (Å²) in [7, 11) is 12.1. The molecular formula is C45H61ClN2O11+2. The van der Waals surface area contributed by atoms with Gasteiger partial charge in [-0.1, -0.05) is 17.7 Å². The number of fused-ring (bicyclic) bond motifs is 1. The van der Waals surface area contributed by atoms with Crippen molar-refractivity contribution in [2.45, 2.75) is 45.2 Å². The lowest BCUT2D eigenvalue weighted by Gasteiger charge is -2.46. The van der Waals surface area contributed by atoms with E-state index in [1.807, 2.05) is 25.1 Å². The minimum atomic E-state index is -0.767. The topological polar surface area (TPSA) is 117 Å². The molecule has 322 valence electrons. The van der Waals surface area contributed by atoms with Crippen LogP contribution in [0.2, 0.25) is 0 Å². The number of hydrogen-bond acceptors (Lipinski definition) is 11. The Kier molecular flexibility index (Phi) is 16.2. The second-order valence-electron chi connectivity index (χ2n) is 15.4. The Hall–Kier alpha value is -4.69. The van der Waals surface area contributed by atoms with Gasteiger partial charge in [0.15, 0.2) is 34.5 Å². The van der Waals surface area contributed by atoms with Crippen molar-refractivity contribution in [1.82, 2.24) is 0 Å². The molecule has 1 fully saturated rings. The van der Waals surface area contributed by atoms with E-state index in [2.05, 4.69) is 31.3 Å². The number of rotatable bonds is 20. The molecule has 0 aromatic heterocycles. The fourth-order valence-corrected chi connectivity index (χ4v) is 8.64. The summed E-state index contributed by atoms with van der Waals surface area (Å²) < 4.78 is 51.8. The van der Waals surface area contributed by atoms with E-state index in [-0.39, 0.29) is 24.3 Å². The van der Waals surface area contributed by atoms with E-state index in [0.29, 0.717) is 59.3 Å². The Bertz CT molecular complexity index is 1950. The molecule has 5 rings (SSSR count). The van der Waals surface area contributed by atoms with E-state index in [0.717, 1.165) is 85.1 Å². The molecule has 2 unspecified atom stereocenters. The minimum Gasteiger partial charge on any atom is -0.493 e. The van der Waals surface area contributed by atoms with Crippen LogP contribution in [0.5, 0.6) is 34.5 Å². The third-order valence-electron chi connectivity index (χ3n) is 11.7. The van der Waals surface area contributed by atoms with Gasteiger partial charge in [-0.25, -0.2) is 9.59 Å². The summed E-state index contributed by atoms with van der Waals surface area (Å²) in [5, 5.41) is -0.324. The first-order valence-electron chi connectivity index (χ1n) is 20.1. The number of hydrogen-bond donors (Lipinski definition) is 0. The minimum absolute atomic E-state index is 0.0564. The van der Waals surface area contributed by atoms with E-state index in [1.165, 1.54) is 11.1 Å². The van der Waals surface area contributed by atoms with Gasteiger partial charge in [-0.05, 0) is 60.0 Å². The molecule has 3 aromatic rings. The maximum Gasteiger partial charge on any atom is 0.350 e. The largest absolute Gasteiger partial charge is 0.493 e. The molecule has 13 nitrogen and oxygen atoms in total. The maximum atomic E-state index is 12.9. The molecule has 59 heavy (non-hydrogen) atoms. The van der Waals surface area contributed by atoms with Gasteiger partial charge in [-0.15, -0.1) is 0 Å². The van der Waals surface area contributed by atoms with Crippen molar-refractivity contribution < 1.29 is 61.2 Å². The van der Waals surface area contributed by atoms with Gasteiger partial charge in [0.25, 0.3) is 0 Å². The van der Waals surface area contributed by atoms with Crippen LogP contribution < -0.4 is 28.4 Å². The monoisotopic (exact) mass is 840 g/mol. The third kappa shape index (κ3) is 11.3. The highest BCUT2D eigenvalue weighted by Gasteiger charge is 2.40. The standard InChI is InChI=1S/C45H61ClN2O11/c1-31-23-33(26-42(55-7)44(31)56-8)30-48(17-21-57-22-18-48)15-10-19-58-43(49)29-36(46)45(50)59-20-9-14-47(2)16-13-34-27-40(53-5)41(54-6)28-35(34)37(47)24-32-11-12-38(51-3)39(25-32)52-4/h11-12,23,25-29,37H,9-10,13-22,24,30H2,1-8H3/q+2. The number of aryl methyl sites for hydroxylation is 1. The van der Waals surface area contributed by atoms with Gasteiger partial charge in [-0.2, -0.15) is 0 Å². The van der Waals surface area contributed by atoms with E-state index < -0.39 is 11.9 Å². The van der Waals surface area contributed by atoms with Crippen LogP contribution in [0.3, 0.4) is 0 Å².